The summed E-state index contributed by atoms with van der Waals surface area (Å²) in [6, 6.07) is 9.75. The zero-order chi connectivity index (χ0) is 25.7. The quantitative estimate of drug-likeness (QED) is 0.190. The third-order valence-corrected chi connectivity index (χ3v) is 6.81. The zero-order valence-electron chi connectivity index (χ0n) is 18.7. The number of thioether (sulfide) groups is 1. The lowest BCUT2D eigenvalue weighted by Crippen LogP contribution is -2.14. The number of pyridine rings is 1. The average molecular weight is 559 g/mol. The minimum absolute atomic E-state index is 0.0964. The van der Waals surface area contributed by atoms with Gasteiger partial charge in [-0.2, -0.15) is 8.78 Å². The minimum Gasteiger partial charge on any atom is -0.489 e. The molecule has 1 N–H and O–H groups in total. The summed E-state index contributed by atoms with van der Waals surface area (Å²) in [6.45, 7) is -2.67. The Morgan fingerprint density at radius 3 is 2.39 bits per heavy atom. The van der Waals surface area contributed by atoms with Crippen molar-refractivity contribution in [2.45, 2.75) is 36.9 Å². The first-order valence-electron chi connectivity index (χ1n) is 11.0. The van der Waals surface area contributed by atoms with E-state index in [2.05, 4.69) is 9.72 Å². The maximum Gasteiger partial charge on any atom is 0.387 e. The van der Waals surface area contributed by atoms with Gasteiger partial charge in [0.05, 0.1) is 6.61 Å². The van der Waals surface area contributed by atoms with E-state index in [0.717, 1.165) is 24.6 Å². The molecule has 0 spiro atoms. The molecular formula is C25H21Cl2F3NO4S+. The average Bonchev–Trinajstić information content (AvgIpc) is 3.66. The first kappa shape index (κ1) is 26.4. The van der Waals surface area contributed by atoms with Crippen molar-refractivity contribution in [2.24, 2.45) is 5.92 Å². The van der Waals surface area contributed by atoms with Gasteiger partial charge in [-0.15, -0.1) is 0 Å². The summed E-state index contributed by atoms with van der Waals surface area (Å²) in [5.41, 5.74) is 0.991. The number of alkyl halides is 2. The van der Waals surface area contributed by atoms with Crippen LogP contribution in [0.25, 0.3) is 0 Å². The lowest BCUT2D eigenvalue weighted by molar-refractivity contribution is -0.377. The fraction of sp³-hybridized carbons (Fsp3) is 0.280. The van der Waals surface area contributed by atoms with Gasteiger partial charge >= 0.3 is 11.9 Å². The van der Waals surface area contributed by atoms with Gasteiger partial charge in [0.1, 0.15) is 22.0 Å². The molecule has 1 saturated carbocycles. The molecule has 5 nitrogen and oxygen atoms in total. The fourth-order valence-electron chi connectivity index (χ4n) is 3.35. The first-order chi connectivity index (χ1) is 17.3. The predicted octanol–water partition coefficient (Wildman–Crippen LogP) is 7.55. The van der Waals surface area contributed by atoms with E-state index in [1.807, 2.05) is 0 Å². The van der Waals surface area contributed by atoms with Crippen LogP contribution < -0.4 is 14.5 Å². The Labute approximate surface area is 219 Å². The smallest absolute Gasteiger partial charge is 0.387 e. The number of carbonyl (C=O) groups excluding carboxylic acids is 1. The summed E-state index contributed by atoms with van der Waals surface area (Å²) in [5.74, 6) is -0.0661. The Balaban J connectivity index is 1.62. The molecule has 190 valence electrons. The standard InChI is InChI=1S/C25H20Cl2F3NO4S/c26-19-11-31-12-20(27)18(19)10-22(35-25(32)36-17-6-4-16(28)5-7-17)15-3-8-21(34-24(29)30)23(9-15)33-13-14-1-2-14/h3-9,11-12,14,22,24H,1-2,10,13H2/p+1/t22-/m0/s1. The van der Waals surface area contributed by atoms with E-state index in [1.165, 1.54) is 42.5 Å². The van der Waals surface area contributed by atoms with Crippen LogP contribution in [0.4, 0.5) is 18.0 Å². The highest BCUT2D eigenvalue weighted by Gasteiger charge is 2.26. The number of carbonyl (C=O) groups is 1. The molecule has 3 aromatic rings. The number of aromatic amines is 1. The van der Waals surface area contributed by atoms with Crippen LogP contribution in [-0.2, 0) is 11.2 Å². The van der Waals surface area contributed by atoms with Gasteiger partial charge in [0.15, 0.2) is 23.9 Å². The van der Waals surface area contributed by atoms with Crippen molar-refractivity contribution >= 4 is 40.3 Å². The molecule has 2 aromatic carbocycles. The van der Waals surface area contributed by atoms with Crippen LogP contribution >= 0.6 is 35.0 Å². The van der Waals surface area contributed by atoms with E-state index < -0.39 is 23.8 Å². The number of ether oxygens (including phenoxy) is 3. The number of benzene rings is 2. The van der Waals surface area contributed by atoms with Crippen molar-refractivity contribution in [2.75, 3.05) is 6.61 Å². The van der Waals surface area contributed by atoms with E-state index in [9.17, 15) is 18.0 Å². The Bertz CT molecular complexity index is 1190. The molecule has 4 rings (SSSR count). The molecule has 0 saturated heterocycles. The number of hydrogen-bond acceptors (Lipinski definition) is 5. The molecule has 1 fully saturated rings. The minimum atomic E-state index is -3.03. The predicted molar refractivity (Wildman–Crippen MR) is 129 cm³/mol. The zero-order valence-corrected chi connectivity index (χ0v) is 21.0. The molecule has 0 bridgehead atoms. The Kier molecular flexibility index (Phi) is 8.87. The lowest BCUT2D eigenvalue weighted by atomic mass is 10.0. The molecule has 36 heavy (non-hydrogen) atoms. The SMILES string of the molecule is O=C(O[C@@H](Cc1c(Cl)c[nH+]cc1Cl)c1ccc(OC(F)F)c(OCC2CC2)c1)Sc1ccc(F)cc1. The summed E-state index contributed by atoms with van der Waals surface area (Å²) in [5, 5.41) is 0.00453. The Hall–Kier alpha value is -2.62. The number of halogens is 5. The molecular weight excluding hydrogens is 538 g/mol. The van der Waals surface area contributed by atoms with E-state index in [-0.39, 0.29) is 17.9 Å². The molecule has 0 aliphatic heterocycles. The molecule has 1 aliphatic rings. The van der Waals surface area contributed by atoms with Gasteiger partial charge in [-0.3, -0.25) is 0 Å². The van der Waals surface area contributed by atoms with Crippen LogP contribution in [-0.4, -0.2) is 18.5 Å². The summed E-state index contributed by atoms with van der Waals surface area (Å²) in [6.07, 6.45) is 4.30. The summed E-state index contributed by atoms with van der Waals surface area (Å²) >= 11 is 13.4. The third-order valence-electron chi connectivity index (χ3n) is 5.37. The van der Waals surface area contributed by atoms with Gasteiger partial charge in [-0.25, -0.2) is 14.2 Å². The van der Waals surface area contributed by atoms with Crippen LogP contribution in [0.15, 0.2) is 59.8 Å². The van der Waals surface area contributed by atoms with Crippen LogP contribution in [0, 0.1) is 11.7 Å². The summed E-state index contributed by atoms with van der Waals surface area (Å²) < 4.78 is 55.2. The van der Waals surface area contributed by atoms with Gasteiger partial charge in [0, 0.05) is 16.9 Å². The number of hydrogen-bond donors (Lipinski definition) is 0. The monoisotopic (exact) mass is 558 g/mol. The highest BCUT2D eigenvalue weighted by molar-refractivity contribution is 8.13. The molecule has 11 heteroatoms. The number of aromatic nitrogens is 1. The van der Waals surface area contributed by atoms with Crippen molar-refractivity contribution in [3.05, 3.63) is 81.8 Å². The Morgan fingerprint density at radius 1 is 1.06 bits per heavy atom. The molecule has 0 unspecified atom stereocenters. The van der Waals surface area contributed by atoms with Crippen molar-refractivity contribution in [1.29, 1.82) is 0 Å². The van der Waals surface area contributed by atoms with Crippen molar-refractivity contribution < 1.29 is 37.2 Å². The first-order valence-corrected chi connectivity index (χ1v) is 12.5. The molecule has 1 heterocycles. The number of nitrogens with one attached hydrogen (secondary N) is 1. The topological polar surface area (TPSA) is 58.9 Å². The largest absolute Gasteiger partial charge is 0.489 e. The molecule has 1 aliphatic carbocycles. The summed E-state index contributed by atoms with van der Waals surface area (Å²) in [7, 11) is 0. The number of rotatable bonds is 10. The van der Waals surface area contributed by atoms with Gasteiger partial charge in [0.2, 0.25) is 0 Å². The second kappa shape index (κ2) is 12.1. The normalized spacial score (nSPS) is 13.9. The third kappa shape index (κ3) is 7.44. The number of H-pyrrole nitrogens is 1. The van der Waals surface area contributed by atoms with Crippen LogP contribution in [0.5, 0.6) is 11.5 Å². The summed E-state index contributed by atoms with van der Waals surface area (Å²) in [4.78, 5) is 16.1. The van der Waals surface area contributed by atoms with Crippen molar-refractivity contribution in [3.8, 4) is 11.5 Å². The van der Waals surface area contributed by atoms with Crippen LogP contribution in [0.3, 0.4) is 0 Å². The van der Waals surface area contributed by atoms with Crippen molar-refractivity contribution in [1.82, 2.24) is 0 Å². The maximum atomic E-state index is 13.2. The molecule has 1 atom stereocenters. The fourth-order valence-corrected chi connectivity index (χ4v) is 4.51. The van der Waals surface area contributed by atoms with Gasteiger partial charge < -0.3 is 14.2 Å². The van der Waals surface area contributed by atoms with Gasteiger partial charge in [-0.1, -0.05) is 29.3 Å². The van der Waals surface area contributed by atoms with Crippen LogP contribution in [0.1, 0.15) is 30.1 Å². The maximum absolute atomic E-state index is 13.2. The van der Waals surface area contributed by atoms with E-state index >= 15 is 0 Å². The Morgan fingerprint density at radius 2 is 1.75 bits per heavy atom. The highest BCUT2D eigenvalue weighted by atomic mass is 35.5. The van der Waals surface area contributed by atoms with E-state index in [0.29, 0.717) is 38.6 Å². The highest BCUT2D eigenvalue weighted by Crippen LogP contribution is 2.38. The molecule has 0 radical (unpaired) electrons. The second-order valence-corrected chi connectivity index (χ2v) is 9.91. The molecule has 0 amide bonds. The van der Waals surface area contributed by atoms with Gasteiger partial charge in [-0.05, 0) is 72.5 Å². The van der Waals surface area contributed by atoms with Gasteiger partial charge in [0.25, 0.3) is 0 Å². The van der Waals surface area contributed by atoms with E-state index in [4.69, 9.17) is 32.7 Å². The van der Waals surface area contributed by atoms with E-state index in [1.54, 1.807) is 12.4 Å². The van der Waals surface area contributed by atoms with Crippen molar-refractivity contribution in [3.63, 3.8) is 0 Å². The molecule has 1 aromatic heterocycles. The lowest BCUT2D eigenvalue weighted by Gasteiger charge is -2.21. The van der Waals surface area contributed by atoms with Crippen LogP contribution in [0.2, 0.25) is 10.0 Å². The second-order valence-electron chi connectivity index (χ2n) is 8.09.